The summed E-state index contributed by atoms with van der Waals surface area (Å²) in [4.78, 5) is 26.2. The first kappa shape index (κ1) is 11.4. The molecule has 4 rings (SSSR count). The fourth-order valence-electron chi connectivity index (χ4n) is 3.30. The molecule has 0 spiro atoms. The van der Waals surface area contributed by atoms with Crippen LogP contribution < -0.4 is 4.90 Å². The standard InChI is InChI=1S/C15H10N2O3/c16-7-8-3-1-2-4-9(8)17-14(18)12-10-5-6-11(20-10)13(12)15(17)19/h1-6,10-13H/t10-,11-,12-,13-/m0/s1. The van der Waals surface area contributed by atoms with Crippen LogP contribution in [0.2, 0.25) is 0 Å². The summed E-state index contributed by atoms with van der Waals surface area (Å²) in [6.45, 7) is 0. The highest BCUT2D eigenvalue weighted by atomic mass is 16.5. The van der Waals surface area contributed by atoms with Gasteiger partial charge in [0.05, 0.1) is 35.3 Å². The number of amides is 2. The smallest absolute Gasteiger partial charge is 0.240 e. The molecule has 3 aliphatic rings. The van der Waals surface area contributed by atoms with Gasteiger partial charge < -0.3 is 4.74 Å². The first-order valence-electron chi connectivity index (χ1n) is 6.43. The Kier molecular flexibility index (Phi) is 2.15. The van der Waals surface area contributed by atoms with Crippen LogP contribution in [0.4, 0.5) is 5.69 Å². The van der Waals surface area contributed by atoms with E-state index in [9.17, 15) is 9.59 Å². The summed E-state index contributed by atoms with van der Waals surface area (Å²) in [5.41, 5.74) is 0.703. The summed E-state index contributed by atoms with van der Waals surface area (Å²) < 4.78 is 5.58. The van der Waals surface area contributed by atoms with Gasteiger partial charge in [-0.1, -0.05) is 24.3 Å². The zero-order chi connectivity index (χ0) is 13.9. The van der Waals surface area contributed by atoms with E-state index < -0.39 is 11.8 Å². The molecule has 0 aromatic heterocycles. The number of hydrogen-bond acceptors (Lipinski definition) is 4. The minimum Gasteiger partial charge on any atom is -0.365 e. The molecule has 3 heterocycles. The summed E-state index contributed by atoms with van der Waals surface area (Å²) >= 11 is 0. The molecule has 98 valence electrons. The average molecular weight is 266 g/mol. The largest absolute Gasteiger partial charge is 0.365 e. The Morgan fingerprint density at radius 1 is 1.05 bits per heavy atom. The Hall–Kier alpha value is -2.45. The number of para-hydroxylation sites is 1. The van der Waals surface area contributed by atoms with Crippen molar-refractivity contribution in [2.45, 2.75) is 12.2 Å². The summed E-state index contributed by atoms with van der Waals surface area (Å²) in [6, 6.07) is 8.69. The van der Waals surface area contributed by atoms with Crippen LogP contribution in [0, 0.1) is 23.2 Å². The van der Waals surface area contributed by atoms with Crippen LogP contribution in [0.5, 0.6) is 0 Å². The highest BCUT2D eigenvalue weighted by molar-refractivity contribution is 6.23. The molecule has 1 aromatic rings. The third kappa shape index (κ3) is 1.24. The molecule has 0 aliphatic carbocycles. The Bertz CT molecular complexity index is 673. The van der Waals surface area contributed by atoms with E-state index >= 15 is 0 Å². The molecule has 2 saturated heterocycles. The number of imide groups is 1. The molecule has 2 bridgehead atoms. The van der Waals surface area contributed by atoms with E-state index in [1.54, 1.807) is 24.3 Å². The SMILES string of the molecule is N#Cc1ccccc1N1C(=O)[C@@H]2[C@@H](C1=O)[C@@H]1C=C[C@@H]2O1. The van der Waals surface area contributed by atoms with Gasteiger partial charge in [-0.2, -0.15) is 5.26 Å². The lowest BCUT2D eigenvalue weighted by atomic mass is 9.85. The highest BCUT2D eigenvalue weighted by Crippen LogP contribution is 2.46. The molecule has 4 atom stereocenters. The molecule has 1 aromatic carbocycles. The second-order valence-corrected chi connectivity index (χ2v) is 5.14. The molecule has 0 unspecified atom stereocenters. The van der Waals surface area contributed by atoms with Crippen LogP contribution >= 0.6 is 0 Å². The molecular formula is C15H10N2O3. The average Bonchev–Trinajstić information content (AvgIpc) is 3.13. The van der Waals surface area contributed by atoms with Gasteiger partial charge in [0.2, 0.25) is 11.8 Å². The minimum absolute atomic E-state index is 0.264. The van der Waals surface area contributed by atoms with Crippen molar-refractivity contribution in [1.82, 2.24) is 0 Å². The number of ether oxygens (including phenoxy) is 1. The van der Waals surface area contributed by atoms with Crippen molar-refractivity contribution in [2.75, 3.05) is 4.90 Å². The van der Waals surface area contributed by atoms with Crippen LogP contribution in [-0.2, 0) is 14.3 Å². The maximum Gasteiger partial charge on any atom is 0.240 e. The molecule has 0 radical (unpaired) electrons. The van der Waals surface area contributed by atoms with Crippen molar-refractivity contribution >= 4 is 17.5 Å². The zero-order valence-corrected chi connectivity index (χ0v) is 10.4. The van der Waals surface area contributed by atoms with Crippen LogP contribution in [0.15, 0.2) is 36.4 Å². The maximum atomic E-state index is 12.5. The van der Waals surface area contributed by atoms with Crippen LogP contribution in [0.25, 0.3) is 0 Å². The predicted octanol–water partition coefficient (Wildman–Crippen LogP) is 1.00. The third-order valence-electron chi connectivity index (χ3n) is 4.18. The molecule has 5 heteroatoms. The summed E-state index contributed by atoms with van der Waals surface area (Å²) in [6.07, 6.45) is 3.08. The highest BCUT2D eigenvalue weighted by Gasteiger charge is 2.61. The second-order valence-electron chi connectivity index (χ2n) is 5.14. The lowest BCUT2D eigenvalue weighted by Crippen LogP contribution is -2.34. The van der Waals surface area contributed by atoms with E-state index in [-0.39, 0.29) is 24.0 Å². The summed E-state index contributed by atoms with van der Waals surface area (Å²) in [5, 5.41) is 9.13. The van der Waals surface area contributed by atoms with E-state index in [0.29, 0.717) is 11.3 Å². The van der Waals surface area contributed by atoms with Gasteiger partial charge in [0, 0.05) is 0 Å². The first-order chi connectivity index (χ1) is 9.72. The molecule has 3 aliphatic heterocycles. The van der Waals surface area contributed by atoms with E-state index in [1.165, 1.54) is 0 Å². The van der Waals surface area contributed by atoms with Gasteiger partial charge in [-0.15, -0.1) is 0 Å². The van der Waals surface area contributed by atoms with Crippen LogP contribution in [0.3, 0.4) is 0 Å². The topological polar surface area (TPSA) is 70.4 Å². The first-order valence-corrected chi connectivity index (χ1v) is 6.43. The molecule has 0 N–H and O–H groups in total. The zero-order valence-electron chi connectivity index (χ0n) is 10.4. The van der Waals surface area contributed by atoms with E-state index in [1.807, 2.05) is 18.2 Å². The van der Waals surface area contributed by atoms with Crippen molar-refractivity contribution in [1.29, 1.82) is 5.26 Å². The normalized spacial score (nSPS) is 33.6. The van der Waals surface area contributed by atoms with Crippen molar-refractivity contribution in [3.05, 3.63) is 42.0 Å². The third-order valence-corrected chi connectivity index (χ3v) is 4.18. The van der Waals surface area contributed by atoms with Gasteiger partial charge >= 0.3 is 0 Å². The molecule has 2 fully saturated rings. The fraction of sp³-hybridized carbons (Fsp3) is 0.267. The van der Waals surface area contributed by atoms with Gasteiger partial charge in [-0.25, -0.2) is 4.90 Å². The Balaban J connectivity index is 1.81. The second kappa shape index (κ2) is 3.78. The number of carbonyl (C=O) groups is 2. The van der Waals surface area contributed by atoms with Crippen molar-refractivity contribution in [3.8, 4) is 6.07 Å². The minimum atomic E-state index is -0.441. The number of nitriles is 1. The van der Waals surface area contributed by atoms with E-state index in [2.05, 4.69) is 0 Å². The van der Waals surface area contributed by atoms with E-state index in [0.717, 1.165) is 4.90 Å². The monoisotopic (exact) mass is 266 g/mol. The lowest BCUT2D eigenvalue weighted by Gasteiger charge is -2.18. The number of rotatable bonds is 1. The maximum absolute atomic E-state index is 12.5. The van der Waals surface area contributed by atoms with Gasteiger partial charge in [0.15, 0.2) is 0 Å². The Morgan fingerprint density at radius 2 is 1.65 bits per heavy atom. The van der Waals surface area contributed by atoms with Crippen molar-refractivity contribution in [2.24, 2.45) is 11.8 Å². The number of carbonyl (C=O) groups excluding carboxylic acids is 2. The molecule has 0 saturated carbocycles. The summed E-state index contributed by atoms with van der Waals surface area (Å²) in [5.74, 6) is -1.41. The predicted molar refractivity (Wildman–Crippen MR) is 68.4 cm³/mol. The van der Waals surface area contributed by atoms with Crippen molar-refractivity contribution in [3.63, 3.8) is 0 Å². The summed E-state index contributed by atoms with van der Waals surface area (Å²) in [7, 11) is 0. The van der Waals surface area contributed by atoms with Gasteiger partial charge in [0.1, 0.15) is 6.07 Å². The quantitative estimate of drug-likeness (QED) is 0.561. The molecule has 2 amide bonds. The number of benzene rings is 1. The Labute approximate surface area is 115 Å². The molecule has 20 heavy (non-hydrogen) atoms. The van der Waals surface area contributed by atoms with Gasteiger partial charge in [-0.3, -0.25) is 9.59 Å². The number of hydrogen-bond donors (Lipinski definition) is 0. The van der Waals surface area contributed by atoms with Gasteiger partial charge in [0.25, 0.3) is 0 Å². The van der Waals surface area contributed by atoms with E-state index in [4.69, 9.17) is 10.00 Å². The van der Waals surface area contributed by atoms with Gasteiger partial charge in [-0.05, 0) is 12.1 Å². The molecule has 5 nitrogen and oxygen atoms in total. The molecular weight excluding hydrogens is 256 g/mol. The number of anilines is 1. The number of nitrogens with zero attached hydrogens (tertiary/aromatic N) is 2. The van der Waals surface area contributed by atoms with Crippen LogP contribution in [0.1, 0.15) is 5.56 Å². The lowest BCUT2D eigenvalue weighted by molar-refractivity contribution is -0.124. The number of fused-ring (bicyclic) bond motifs is 5. The Morgan fingerprint density at radius 3 is 2.25 bits per heavy atom. The fourth-order valence-corrected chi connectivity index (χ4v) is 3.30. The van der Waals surface area contributed by atoms with Crippen LogP contribution in [-0.4, -0.2) is 24.0 Å². The van der Waals surface area contributed by atoms with Crippen molar-refractivity contribution < 1.29 is 14.3 Å².